The van der Waals surface area contributed by atoms with Gasteiger partial charge >= 0.3 is 12.1 Å². The Bertz CT molecular complexity index is 615. The Morgan fingerprint density at radius 1 is 1.33 bits per heavy atom. The van der Waals surface area contributed by atoms with Crippen molar-refractivity contribution in [2.75, 3.05) is 0 Å². The summed E-state index contributed by atoms with van der Waals surface area (Å²) < 4.78 is 38.2. The van der Waals surface area contributed by atoms with E-state index in [2.05, 4.69) is 5.32 Å². The van der Waals surface area contributed by atoms with Crippen molar-refractivity contribution in [2.45, 2.75) is 44.8 Å². The molecule has 3 atom stereocenters. The largest absolute Gasteiger partial charge is 0.481 e. The number of carbonyl (C=O) groups excluding carboxylic acids is 1. The minimum absolute atomic E-state index is 0.167. The fraction of sp³-hybridized carbons (Fsp3) is 0.529. The number of aliphatic carboxylic acids is 1. The van der Waals surface area contributed by atoms with Gasteiger partial charge in [0.05, 0.1) is 11.5 Å². The third kappa shape index (κ3) is 4.49. The predicted octanol–water partition coefficient (Wildman–Crippen LogP) is 3.25. The van der Waals surface area contributed by atoms with Crippen LogP contribution in [0.15, 0.2) is 24.3 Å². The highest BCUT2D eigenvalue weighted by Gasteiger charge is 2.35. The van der Waals surface area contributed by atoms with Crippen molar-refractivity contribution >= 4 is 11.9 Å². The van der Waals surface area contributed by atoms with Crippen molar-refractivity contribution in [3.8, 4) is 0 Å². The number of benzene rings is 1. The lowest BCUT2D eigenvalue weighted by Gasteiger charge is -2.20. The van der Waals surface area contributed by atoms with Gasteiger partial charge in [0.25, 0.3) is 0 Å². The summed E-state index contributed by atoms with van der Waals surface area (Å²) in [7, 11) is 0. The first-order chi connectivity index (χ1) is 11.2. The number of hydrogen-bond acceptors (Lipinski definition) is 2. The molecule has 1 unspecified atom stereocenters. The van der Waals surface area contributed by atoms with E-state index < -0.39 is 35.6 Å². The first-order valence-electron chi connectivity index (χ1n) is 7.88. The second-order valence-electron chi connectivity index (χ2n) is 6.29. The lowest BCUT2D eigenvalue weighted by Crippen LogP contribution is -2.42. The molecule has 1 aliphatic carbocycles. The lowest BCUT2D eigenvalue weighted by atomic mass is 9.97. The Morgan fingerprint density at radius 2 is 2.04 bits per heavy atom. The van der Waals surface area contributed by atoms with E-state index in [0.29, 0.717) is 18.4 Å². The summed E-state index contributed by atoms with van der Waals surface area (Å²) in [4.78, 5) is 23.4. The molecule has 1 amide bonds. The molecule has 1 aromatic rings. The maximum absolute atomic E-state index is 12.7. The van der Waals surface area contributed by atoms with Crippen LogP contribution >= 0.6 is 0 Å². The highest BCUT2D eigenvalue weighted by atomic mass is 19.4. The number of nitrogens with one attached hydrogen (secondary N) is 1. The van der Waals surface area contributed by atoms with Gasteiger partial charge in [-0.3, -0.25) is 9.59 Å². The number of amides is 1. The van der Waals surface area contributed by atoms with Gasteiger partial charge < -0.3 is 10.4 Å². The van der Waals surface area contributed by atoms with Gasteiger partial charge in [-0.05, 0) is 30.9 Å². The molecule has 0 spiro atoms. The van der Waals surface area contributed by atoms with Gasteiger partial charge in [0.1, 0.15) is 0 Å². The summed E-state index contributed by atoms with van der Waals surface area (Å²) in [6, 6.07) is 4.50. The number of carbonyl (C=O) groups is 2. The summed E-state index contributed by atoms with van der Waals surface area (Å²) in [5, 5.41) is 11.9. The van der Waals surface area contributed by atoms with Gasteiger partial charge in [0.2, 0.25) is 5.91 Å². The second kappa shape index (κ2) is 7.23. The van der Waals surface area contributed by atoms with E-state index in [1.165, 1.54) is 6.07 Å². The number of alkyl halides is 3. The van der Waals surface area contributed by atoms with E-state index in [0.717, 1.165) is 18.6 Å². The molecule has 1 saturated carbocycles. The van der Waals surface area contributed by atoms with Gasteiger partial charge in [0.15, 0.2) is 0 Å². The van der Waals surface area contributed by atoms with Gasteiger partial charge in [-0.15, -0.1) is 0 Å². The van der Waals surface area contributed by atoms with E-state index in [-0.39, 0.29) is 12.3 Å². The zero-order chi connectivity index (χ0) is 17.9. The molecule has 0 aliphatic heterocycles. The smallest absolute Gasteiger partial charge is 0.416 e. The van der Waals surface area contributed by atoms with Crippen molar-refractivity contribution < 1.29 is 27.9 Å². The summed E-state index contributed by atoms with van der Waals surface area (Å²) >= 11 is 0. The first-order valence-corrected chi connectivity index (χ1v) is 7.88. The molecule has 0 bridgehead atoms. The number of carboxylic acid groups (broad SMARTS) is 1. The van der Waals surface area contributed by atoms with E-state index >= 15 is 0 Å². The van der Waals surface area contributed by atoms with Crippen LogP contribution in [0.2, 0.25) is 0 Å². The average molecular weight is 343 g/mol. The van der Waals surface area contributed by atoms with Crippen LogP contribution in [-0.2, 0) is 22.2 Å². The fourth-order valence-electron chi connectivity index (χ4n) is 3.07. The third-order valence-corrected chi connectivity index (χ3v) is 4.40. The van der Waals surface area contributed by atoms with Gasteiger partial charge in [-0.25, -0.2) is 0 Å². The van der Waals surface area contributed by atoms with Gasteiger partial charge in [0, 0.05) is 12.0 Å². The Labute approximate surface area is 138 Å². The lowest BCUT2D eigenvalue weighted by molar-refractivity contribution is -0.142. The van der Waals surface area contributed by atoms with Crippen LogP contribution < -0.4 is 5.32 Å². The SMILES string of the molecule is CC(Cc1cccc(C(F)(F)F)c1)C(=O)N[C@@H]1CCC[C@@H]1C(=O)O. The maximum atomic E-state index is 12.7. The van der Waals surface area contributed by atoms with Crippen LogP contribution in [0, 0.1) is 11.8 Å². The average Bonchev–Trinajstić information content (AvgIpc) is 2.95. The Morgan fingerprint density at radius 3 is 2.67 bits per heavy atom. The highest BCUT2D eigenvalue weighted by molar-refractivity contribution is 5.80. The molecule has 1 fully saturated rings. The third-order valence-electron chi connectivity index (χ3n) is 4.40. The highest BCUT2D eigenvalue weighted by Crippen LogP contribution is 2.30. The van der Waals surface area contributed by atoms with Crippen LogP contribution in [0.4, 0.5) is 13.2 Å². The molecule has 0 aromatic heterocycles. The molecule has 1 aromatic carbocycles. The molecule has 7 heteroatoms. The maximum Gasteiger partial charge on any atom is 0.416 e. The topological polar surface area (TPSA) is 66.4 Å². The zero-order valence-electron chi connectivity index (χ0n) is 13.3. The first kappa shape index (κ1) is 18.3. The summed E-state index contributed by atoms with van der Waals surface area (Å²) in [5.74, 6) is -2.38. The minimum Gasteiger partial charge on any atom is -0.481 e. The van der Waals surface area contributed by atoms with Crippen molar-refractivity contribution in [3.05, 3.63) is 35.4 Å². The van der Waals surface area contributed by atoms with Crippen LogP contribution in [0.5, 0.6) is 0 Å². The summed E-state index contributed by atoms with van der Waals surface area (Å²) in [6.07, 6.45) is -2.37. The molecule has 0 heterocycles. The molecular formula is C17H20F3NO3. The van der Waals surface area contributed by atoms with Crippen molar-refractivity contribution in [2.24, 2.45) is 11.8 Å². The number of halogens is 3. The molecular weight excluding hydrogens is 323 g/mol. The van der Waals surface area contributed by atoms with E-state index in [1.54, 1.807) is 13.0 Å². The molecule has 0 saturated heterocycles. The number of hydrogen-bond donors (Lipinski definition) is 2. The second-order valence-corrected chi connectivity index (χ2v) is 6.29. The monoisotopic (exact) mass is 343 g/mol. The predicted molar refractivity (Wildman–Crippen MR) is 81.2 cm³/mol. The van der Waals surface area contributed by atoms with Crippen molar-refractivity contribution in [3.63, 3.8) is 0 Å². The van der Waals surface area contributed by atoms with Crippen LogP contribution in [0.3, 0.4) is 0 Å². The zero-order valence-corrected chi connectivity index (χ0v) is 13.3. The Kier molecular flexibility index (Phi) is 5.51. The number of carboxylic acids is 1. The molecule has 2 rings (SSSR count). The molecule has 132 valence electrons. The number of rotatable bonds is 5. The molecule has 1 aliphatic rings. The normalized spacial score (nSPS) is 22.2. The fourth-order valence-corrected chi connectivity index (χ4v) is 3.07. The van der Waals surface area contributed by atoms with Crippen molar-refractivity contribution in [1.82, 2.24) is 5.32 Å². The van der Waals surface area contributed by atoms with Crippen LogP contribution in [0.25, 0.3) is 0 Å². The minimum atomic E-state index is -4.42. The Balaban J connectivity index is 1.98. The summed E-state index contributed by atoms with van der Waals surface area (Å²) in [6.45, 7) is 1.63. The van der Waals surface area contributed by atoms with Crippen LogP contribution in [-0.4, -0.2) is 23.0 Å². The van der Waals surface area contributed by atoms with E-state index in [9.17, 15) is 22.8 Å². The molecule has 4 nitrogen and oxygen atoms in total. The molecule has 0 radical (unpaired) electrons. The molecule has 2 N–H and O–H groups in total. The van der Waals surface area contributed by atoms with E-state index in [4.69, 9.17) is 5.11 Å². The quantitative estimate of drug-likeness (QED) is 0.862. The standard InChI is InChI=1S/C17H20F3NO3/c1-10(8-11-4-2-5-12(9-11)17(18,19)20)15(22)21-14-7-3-6-13(14)16(23)24/h2,4-5,9-10,13-14H,3,6-8H2,1H3,(H,21,22)(H,23,24)/t10?,13-,14+/m0/s1. The molecule has 24 heavy (non-hydrogen) atoms. The summed E-state index contributed by atoms with van der Waals surface area (Å²) in [5.41, 5.74) is -0.317. The van der Waals surface area contributed by atoms with Crippen LogP contribution in [0.1, 0.15) is 37.3 Å². The van der Waals surface area contributed by atoms with Gasteiger partial charge in [-0.2, -0.15) is 13.2 Å². The van der Waals surface area contributed by atoms with Crippen molar-refractivity contribution in [1.29, 1.82) is 0 Å². The Hall–Kier alpha value is -2.05. The van der Waals surface area contributed by atoms with Gasteiger partial charge in [-0.1, -0.05) is 31.5 Å². The van der Waals surface area contributed by atoms with E-state index in [1.807, 2.05) is 0 Å².